The number of carbonyl (C=O) groups is 2. The van der Waals surface area contributed by atoms with Gasteiger partial charge in [0, 0.05) is 18.5 Å². The summed E-state index contributed by atoms with van der Waals surface area (Å²) in [6, 6.07) is 14.1. The van der Waals surface area contributed by atoms with E-state index in [1.165, 1.54) is 6.92 Å². The van der Waals surface area contributed by atoms with Gasteiger partial charge in [-0.2, -0.15) is 0 Å². The van der Waals surface area contributed by atoms with Gasteiger partial charge < -0.3 is 4.90 Å². The summed E-state index contributed by atoms with van der Waals surface area (Å²) in [5.41, 5.74) is 2.39. The Morgan fingerprint density at radius 1 is 1.07 bits per heavy atom. The fourth-order valence-corrected chi connectivity index (χ4v) is 5.58. The lowest BCUT2D eigenvalue weighted by Gasteiger charge is -2.41. The van der Waals surface area contributed by atoms with Gasteiger partial charge in [0.05, 0.1) is 16.9 Å². The van der Waals surface area contributed by atoms with E-state index >= 15 is 0 Å². The highest BCUT2D eigenvalue weighted by Crippen LogP contribution is 2.55. The molecule has 7 nitrogen and oxygen atoms in total. The highest BCUT2D eigenvalue weighted by atomic mass is 16.2. The van der Waals surface area contributed by atoms with Crippen LogP contribution < -0.4 is 10.5 Å². The van der Waals surface area contributed by atoms with Gasteiger partial charge in [-0.25, -0.2) is 4.98 Å². The van der Waals surface area contributed by atoms with Crippen molar-refractivity contribution in [3.05, 3.63) is 70.3 Å². The van der Waals surface area contributed by atoms with E-state index in [0.29, 0.717) is 23.1 Å². The lowest BCUT2D eigenvalue weighted by atomic mass is 9.96. The monoisotopic (exact) mass is 400 g/mol. The van der Waals surface area contributed by atoms with Crippen LogP contribution in [0.2, 0.25) is 0 Å². The highest BCUT2D eigenvalue weighted by molar-refractivity contribution is 5.97. The Balaban J connectivity index is 1.59. The van der Waals surface area contributed by atoms with E-state index < -0.39 is 6.04 Å². The van der Waals surface area contributed by atoms with Crippen molar-refractivity contribution < 1.29 is 9.59 Å². The van der Waals surface area contributed by atoms with Crippen molar-refractivity contribution in [2.45, 2.75) is 44.4 Å². The zero-order chi connectivity index (χ0) is 20.7. The van der Waals surface area contributed by atoms with Gasteiger partial charge in [-0.1, -0.05) is 30.3 Å². The average molecular weight is 400 g/mol. The standard InChI is InChI=1S/C23H20N4O3/c1-12-22(29)27-19(20-24-17-9-5-3-8-15(17)23(30)25(12)20)11-16-14-7-4-6-10-18(14)26(13(2)28)21(16)27/h3-10,12,16,19,21H,11H2,1-2H3/t12-,16-,19+,21-/m0/s1. The molecule has 2 amide bonds. The molecule has 1 fully saturated rings. The number of amides is 2. The number of nitrogens with zero attached hydrogens (tertiary/aromatic N) is 4. The fourth-order valence-electron chi connectivity index (χ4n) is 5.58. The summed E-state index contributed by atoms with van der Waals surface area (Å²) in [6.45, 7) is 3.28. The van der Waals surface area contributed by atoms with E-state index in [1.807, 2.05) is 42.5 Å². The molecule has 4 heterocycles. The first kappa shape index (κ1) is 17.4. The topological polar surface area (TPSA) is 75.5 Å². The van der Waals surface area contributed by atoms with Gasteiger partial charge in [0.2, 0.25) is 11.8 Å². The summed E-state index contributed by atoms with van der Waals surface area (Å²) in [5.74, 6) is 0.381. The van der Waals surface area contributed by atoms with Gasteiger partial charge in [-0.05, 0) is 37.1 Å². The Morgan fingerprint density at radius 3 is 2.60 bits per heavy atom. The molecule has 6 rings (SSSR count). The molecule has 4 atom stereocenters. The van der Waals surface area contributed by atoms with Crippen LogP contribution in [0.4, 0.5) is 5.69 Å². The van der Waals surface area contributed by atoms with Crippen molar-refractivity contribution in [3.8, 4) is 0 Å². The molecule has 30 heavy (non-hydrogen) atoms. The molecule has 3 aliphatic heterocycles. The van der Waals surface area contributed by atoms with Gasteiger partial charge in [-0.3, -0.25) is 23.9 Å². The third-order valence-electron chi connectivity index (χ3n) is 6.79. The van der Waals surface area contributed by atoms with Crippen molar-refractivity contribution in [3.63, 3.8) is 0 Å². The maximum absolute atomic E-state index is 13.5. The van der Waals surface area contributed by atoms with Crippen molar-refractivity contribution in [2.75, 3.05) is 4.90 Å². The number of carbonyl (C=O) groups excluding carboxylic acids is 2. The minimum absolute atomic E-state index is 0.00109. The molecule has 7 heteroatoms. The van der Waals surface area contributed by atoms with Crippen LogP contribution in [0.5, 0.6) is 0 Å². The fraction of sp³-hybridized carbons (Fsp3) is 0.304. The number of benzene rings is 2. The molecule has 2 aromatic carbocycles. The number of para-hydroxylation sites is 2. The molecule has 1 saturated heterocycles. The van der Waals surface area contributed by atoms with Crippen LogP contribution in [-0.2, 0) is 9.59 Å². The lowest BCUT2D eigenvalue weighted by molar-refractivity contribution is -0.140. The van der Waals surface area contributed by atoms with E-state index in [-0.39, 0.29) is 35.5 Å². The molecule has 0 aliphatic carbocycles. The van der Waals surface area contributed by atoms with Crippen LogP contribution in [0.25, 0.3) is 10.9 Å². The summed E-state index contributed by atoms with van der Waals surface area (Å²) in [5, 5.41) is 0.517. The van der Waals surface area contributed by atoms with Gasteiger partial charge in [0.25, 0.3) is 5.56 Å². The minimum Gasteiger partial charge on any atom is -0.309 e. The number of hydrogen-bond donors (Lipinski definition) is 0. The molecular weight excluding hydrogens is 380 g/mol. The highest BCUT2D eigenvalue weighted by Gasteiger charge is 2.57. The zero-order valence-corrected chi connectivity index (χ0v) is 16.6. The van der Waals surface area contributed by atoms with Crippen LogP contribution in [0, 0.1) is 0 Å². The van der Waals surface area contributed by atoms with E-state index in [2.05, 4.69) is 0 Å². The molecule has 0 bridgehead atoms. The van der Waals surface area contributed by atoms with Gasteiger partial charge >= 0.3 is 0 Å². The SMILES string of the molecule is CC(=O)N1c2ccccc2[C@@H]2C[C@@H]3c4nc5ccccc5c(=O)n4[C@@H](C)C(=O)N3[C@@H]21. The first-order chi connectivity index (χ1) is 14.5. The predicted octanol–water partition coefficient (Wildman–Crippen LogP) is 2.72. The van der Waals surface area contributed by atoms with E-state index in [4.69, 9.17) is 4.98 Å². The van der Waals surface area contributed by atoms with E-state index in [1.54, 1.807) is 27.4 Å². The van der Waals surface area contributed by atoms with Crippen molar-refractivity contribution in [2.24, 2.45) is 0 Å². The molecule has 0 radical (unpaired) electrons. The summed E-state index contributed by atoms with van der Waals surface area (Å²) in [7, 11) is 0. The second-order valence-corrected chi connectivity index (χ2v) is 8.30. The first-order valence-electron chi connectivity index (χ1n) is 10.2. The van der Waals surface area contributed by atoms with Crippen molar-refractivity contribution in [1.82, 2.24) is 14.5 Å². The Labute approximate surface area is 172 Å². The first-order valence-corrected chi connectivity index (χ1v) is 10.2. The maximum atomic E-state index is 13.5. The Morgan fingerprint density at radius 2 is 1.80 bits per heavy atom. The van der Waals surface area contributed by atoms with Crippen LogP contribution >= 0.6 is 0 Å². The summed E-state index contributed by atoms with van der Waals surface area (Å²) in [4.78, 5) is 47.7. The Hall–Kier alpha value is -3.48. The molecule has 0 N–H and O–H groups in total. The summed E-state index contributed by atoms with van der Waals surface area (Å²) < 4.78 is 1.55. The quantitative estimate of drug-likeness (QED) is 0.582. The number of aromatic nitrogens is 2. The second kappa shape index (κ2) is 5.78. The molecule has 0 unspecified atom stereocenters. The van der Waals surface area contributed by atoms with Gasteiger partial charge in [0.1, 0.15) is 18.0 Å². The maximum Gasteiger partial charge on any atom is 0.262 e. The average Bonchev–Trinajstić information content (AvgIpc) is 3.27. The predicted molar refractivity (Wildman–Crippen MR) is 111 cm³/mol. The lowest BCUT2D eigenvalue weighted by Crippen LogP contribution is -2.55. The third kappa shape index (κ3) is 1.99. The van der Waals surface area contributed by atoms with Crippen LogP contribution in [0.15, 0.2) is 53.3 Å². The molecule has 0 saturated carbocycles. The van der Waals surface area contributed by atoms with E-state index in [0.717, 1.165) is 11.3 Å². The molecule has 3 aliphatic rings. The van der Waals surface area contributed by atoms with Crippen LogP contribution in [-0.4, -0.2) is 32.4 Å². The molecule has 150 valence electrons. The Bertz CT molecular complexity index is 1310. The molecule has 1 aromatic heterocycles. The summed E-state index contributed by atoms with van der Waals surface area (Å²) >= 11 is 0. The number of rotatable bonds is 0. The van der Waals surface area contributed by atoms with Crippen LogP contribution in [0.3, 0.4) is 0 Å². The zero-order valence-electron chi connectivity index (χ0n) is 16.6. The number of hydrogen-bond acceptors (Lipinski definition) is 4. The van der Waals surface area contributed by atoms with Crippen molar-refractivity contribution >= 4 is 28.4 Å². The van der Waals surface area contributed by atoms with Gasteiger partial charge in [-0.15, -0.1) is 0 Å². The van der Waals surface area contributed by atoms with Crippen molar-refractivity contribution in [1.29, 1.82) is 0 Å². The third-order valence-corrected chi connectivity index (χ3v) is 6.79. The largest absolute Gasteiger partial charge is 0.309 e. The van der Waals surface area contributed by atoms with E-state index in [9.17, 15) is 14.4 Å². The molecule has 0 spiro atoms. The minimum atomic E-state index is -0.669. The normalized spacial score (nSPS) is 26.4. The smallest absolute Gasteiger partial charge is 0.262 e. The Kier molecular flexibility index (Phi) is 3.35. The number of anilines is 1. The summed E-state index contributed by atoms with van der Waals surface area (Å²) in [6.07, 6.45) is 0.256. The number of fused-ring (bicyclic) bond motifs is 8. The molecular formula is C23H20N4O3. The molecule has 3 aromatic rings. The van der Waals surface area contributed by atoms with Gasteiger partial charge in [0.15, 0.2) is 0 Å². The van der Waals surface area contributed by atoms with Crippen LogP contribution in [0.1, 0.15) is 49.7 Å². The second-order valence-electron chi connectivity index (χ2n) is 8.30.